The van der Waals surface area contributed by atoms with E-state index in [2.05, 4.69) is 12.6 Å². The van der Waals surface area contributed by atoms with Gasteiger partial charge < -0.3 is 5.11 Å². The number of hydrogen-bond donors (Lipinski definition) is 2. The molecule has 0 saturated carbocycles. The van der Waals surface area contributed by atoms with Crippen molar-refractivity contribution in [1.29, 1.82) is 0 Å². The number of aliphatic hydroxyl groups excluding tert-OH is 1. The van der Waals surface area contributed by atoms with Crippen LogP contribution in [0.1, 0.15) is 6.92 Å². The fourth-order valence-electron chi connectivity index (χ4n) is 0.410. The van der Waals surface area contributed by atoms with Crippen LogP contribution in [0.3, 0.4) is 0 Å². The zero-order valence-corrected chi connectivity index (χ0v) is 5.93. The lowest BCUT2D eigenvalue weighted by Gasteiger charge is -1.92. The van der Waals surface area contributed by atoms with Crippen molar-refractivity contribution in [3.05, 3.63) is 0 Å². The molecule has 0 aromatic rings. The summed E-state index contributed by atoms with van der Waals surface area (Å²) in [7, 11) is 0. The molecular formula is C5H12NOS+. The van der Waals surface area contributed by atoms with Crippen molar-refractivity contribution in [3.63, 3.8) is 0 Å². The fraction of sp³-hybridized carbons (Fsp3) is 0.800. The Morgan fingerprint density at radius 3 is 2.50 bits per heavy atom. The van der Waals surface area contributed by atoms with Gasteiger partial charge in [-0.1, -0.05) is 0 Å². The summed E-state index contributed by atoms with van der Waals surface area (Å²) in [5, 5.41) is 8.40. The van der Waals surface area contributed by atoms with Gasteiger partial charge in [-0.3, -0.25) is 0 Å². The molecule has 1 N–H and O–H groups in total. The highest BCUT2D eigenvalue weighted by atomic mass is 32.1. The van der Waals surface area contributed by atoms with E-state index in [1.807, 2.05) is 17.7 Å². The van der Waals surface area contributed by atoms with E-state index in [0.717, 1.165) is 0 Å². The van der Waals surface area contributed by atoms with Crippen LogP contribution in [0, 0.1) is 0 Å². The molecule has 0 aliphatic carbocycles. The van der Waals surface area contributed by atoms with Crippen molar-refractivity contribution in [2.24, 2.45) is 0 Å². The lowest BCUT2D eigenvalue weighted by Crippen LogP contribution is -2.14. The van der Waals surface area contributed by atoms with Gasteiger partial charge in [-0.2, -0.15) is 0 Å². The standard InChI is InChI=1S/C5H11NOS/c1-2-6(5-8)3-4-7/h2,7H,3-5H2,1H3/p+1. The van der Waals surface area contributed by atoms with Gasteiger partial charge in [0.15, 0.2) is 12.4 Å². The van der Waals surface area contributed by atoms with Gasteiger partial charge >= 0.3 is 0 Å². The fourth-order valence-corrected chi connectivity index (χ4v) is 0.715. The Kier molecular flexibility index (Phi) is 5.11. The predicted molar refractivity (Wildman–Crippen MR) is 37.8 cm³/mol. The Balaban J connectivity index is 3.38. The molecule has 0 aliphatic heterocycles. The van der Waals surface area contributed by atoms with E-state index in [4.69, 9.17) is 5.11 Å². The molecular weight excluding hydrogens is 122 g/mol. The lowest BCUT2D eigenvalue weighted by atomic mass is 10.6. The highest BCUT2D eigenvalue weighted by Gasteiger charge is 1.93. The van der Waals surface area contributed by atoms with Crippen LogP contribution in [0.4, 0.5) is 0 Å². The second kappa shape index (κ2) is 5.12. The Labute approximate surface area is 55.3 Å². The molecule has 0 saturated heterocycles. The Hall–Kier alpha value is -0.0200. The summed E-state index contributed by atoms with van der Waals surface area (Å²) in [6.45, 7) is 2.80. The van der Waals surface area contributed by atoms with Crippen molar-refractivity contribution >= 4 is 18.8 Å². The molecule has 0 heterocycles. The number of thiol groups is 1. The average Bonchev–Trinajstić information content (AvgIpc) is 1.83. The molecule has 48 valence electrons. The first-order valence-corrected chi connectivity index (χ1v) is 3.23. The van der Waals surface area contributed by atoms with Crippen LogP contribution >= 0.6 is 12.6 Å². The average molecular weight is 134 g/mol. The van der Waals surface area contributed by atoms with E-state index in [0.29, 0.717) is 12.4 Å². The summed E-state index contributed by atoms with van der Waals surface area (Å²) in [6, 6.07) is 0. The Morgan fingerprint density at radius 2 is 2.38 bits per heavy atom. The maximum absolute atomic E-state index is 8.40. The van der Waals surface area contributed by atoms with E-state index in [1.54, 1.807) is 0 Å². The topological polar surface area (TPSA) is 23.2 Å². The van der Waals surface area contributed by atoms with Gasteiger partial charge in [0.05, 0.1) is 0 Å². The zero-order chi connectivity index (χ0) is 6.41. The van der Waals surface area contributed by atoms with Crippen LogP contribution in [0.25, 0.3) is 0 Å². The quantitative estimate of drug-likeness (QED) is 0.241. The monoisotopic (exact) mass is 134 g/mol. The normalized spacial score (nSPS) is 12.1. The summed E-state index contributed by atoms with van der Waals surface area (Å²) in [5.74, 6) is 0.678. The molecule has 0 fully saturated rings. The highest BCUT2D eigenvalue weighted by Crippen LogP contribution is 1.76. The summed E-state index contributed by atoms with van der Waals surface area (Å²) in [5.41, 5.74) is 0. The van der Waals surface area contributed by atoms with Crippen LogP contribution in [0.15, 0.2) is 0 Å². The van der Waals surface area contributed by atoms with Crippen LogP contribution in [-0.2, 0) is 0 Å². The third-order valence-corrected chi connectivity index (χ3v) is 1.30. The smallest absolute Gasteiger partial charge is 0.186 e. The SMILES string of the molecule is CC=[N+](CS)CCO. The third kappa shape index (κ3) is 3.04. The first-order chi connectivity index (χ1) is 3.85. The highest BCUT2D eigenvalue weighted by molar-refractivity contribution is 7.80. The van der Waals surface area contributed by atoms with E-state index in [1.165, 1.54) is 0 Å². The van der Waals surface area contributed by atoms with E-state index >= 15 is 0 Å². The van der Waals surface area contributed by atoms with Gasteiger partial charge in [-0.05, 0) is 0 Å². The molecule has 0 amide bonds. The first kappa shape index (κ1) is 7.98. The largest absolute Gasteiger partial charge is 0.390 e. The second-order valence-electron chi connectivity index (χ2n) is 1.44. The molecule has 3 heteroatoms. The zero-order valence-electron chi connectivity index (χ0n) is 5.04. The van der Waals surface area contributed by atoms with Crippen molar-refractivity contribution in [3.8, 4) is 0 Å². The molecule has 0 aliphatic rings. The molecule has 0 aromatic heterocycles. The van der Waals surface area contributed by atoms with Crippen LogP contribution < -0.4 is 0 Å². The first-order valence-electron chi connectivity index (χ1n) is 2.60. The Morgan fingerprint density at radius 1 is 1.75 bits per heavy atom. The molecule has 0 radical (unpaired) electrons. The minimum atomic E-state index is 0.199. The minimum absolute atomic E-state index is 0.199. The van der Waals surface area contributed by atoms with E-state index in [-0.39, 0.29) is 6.61 Å². The molecule has 0 rings (SSSR count). The van der Waals surface area contributed by atoms with Gasteiger partial charge in [0, 0.05) is 6.92 Å². The van der Waals surface area contributed by atoms with Gasteiger partial charge in [0.1, 0.15) is 12.8 Å². The summed E-state index contributed by atoms with van der Waals surface area (Å²) in [6.07, 6.45) is 1.91. The minimum Gasteiger partial charge on any atom is -0.390 e. The lowest BCUT2D eigenvalue weighted by molar-refractivity contribution is -0.504. The van der Waals surface area contributed by atoms with Crippen molar-refractivity contribution < 1.29 is 9.68 Å². The van der Waals surface area contributed by atoms with Crippen molar-refractivity contribution in [1.82, 2.24) is 0 Å². The molecule has 0 bridgehead atoms. The molecule has 8 heavy (non-hydrogen) atoms. The van der Waals surface area contributed by atoms with Crippen LogP contribution in [-0.4, -0.2) is 34.9 Å². The van der Waals surface area contributed by atoms with Gasteiger partial charge in [0.25, 0.3) is 0 Å². The number of nitrogens with zero attached hydrogens (tertiary/aromatic N) is 1. The van der Waals surface area contributed by atoms with Crippen molar-refractivity contribution in [2.45, 2.75) is 6.92 Å². The molecule has 0 unspecified atom stereocenters. The van der Waals surface area contributed by atoms with Crippen LogP contribution in [0.5, 0.6) is 0 Å². The predicted octanol–water partition coefficient (Wildman–Crippen LogP) is -0.0308. The van der Waals surface area contributed by atoms with Crippen LogP contribution in [0.2, 0.25) is 0 Å². The molecule has 0 spiro atoms. The van der Waals surface area contributed by atoms with Gasteiger partial charge in [-0.25, -0.2) is 4.58 Å². The maximum Gasteiger partial charge on any atom is 0.186 e. The number of hydrogen-bond acceptors (Lipinski definition) is 2. The van der Waals surface area contributed by atoms with E-state index < -0.39 is 0 Å². The third-order valence-electron chi connectivity index (χ3n) is 0.934. The Bertz CT molecular complexity index is 82.5. The summed E-state index contributed by atoms with van der Waals surface area (Å²) >= 11 is 4.01. The molecule has 0 aromatic carbocycles. The van der Waals surface area contributed by atoms with Gasteiger partial charge in [0.2, 0.25) is 0 Å². The number of rotatable bonds is 3. The second-order valence-corrected chi connectivity index (χ2v) is 1.72. The van der Waals surface area contributed by atoms with Crippen molar-refractivity contribution in [2.75, 3.05) is 19.0 Å². The summed E-state index contributed by atoms with van der Waals surface area (Å²) < 4.78 is 1.92. The number of aliphatic hydroxyl groups is 1. The van der Waals surface area contributed by atoms with Gasteiger partial charge in [-0.15, -0.1) is 12.6 Å². The molecule has 2 nitrogen and oxygen atoms in total. The van der Waals surface area contributed by atoms with E-state index in [9.17, 15) is 0 Å². The molecule has 0 atom stereocenters. The summed E-state index contributed by atoms with van der Waals surface area (Å²) in [4.78, 5) is 0. The maximum atomic E-state index is 8.40.